The van der Waals surface area contributed by atoms with Gasteiger partial charge in [0, 0.05) is 23.5 Å². The molecule has 1 unspecified atom stereocenters. The van der Waals surface area contributed by atoms with Gasteiger partial charge in [-0.05, 0) is 18.1 Å². The van der Waals surface area contributed by atoms with Gasteiger partial charge in [-0.3, -0.25) is 0 Å². The van der Waals surface area contributed by atoms with Crippen LogP contribution >= 0.6 is 0 Å². The molecule has 0 spiro atoms. The number of hydrogen-bond donors (Lipinski definition) is 3. The number of anilines is 2. The number of ether oxygens (including phenoxy) is 1. The van der Waals surface area contributed by atoms with Gasteiger partial charge in [0.1, 0.15) is 5.75 Å². The van der Waals surface area contributed by atoms with Crippen molar-refractivity contribution in [3.63, 3.8) is 0 Å². The molecule has 0 aliphatic carbocycles. The molecular weight excluding hydrogens is 252 g/mol. The standard InChI is InChI=1S/C16H20N2O2/c1-20-16-9-13(17)8-14(10-16)18-15(11-19)7-12-5-3-2-4-6-12/h2-6,8-10,15,18-19H,7,11,17H2,1H3. The summed E-state index contributed by atoms with van der Waals surface area (Å²) >= 11 is 0. The van der Waals surface area contributed by atoms with Crippen LogP contribution < -0.4 is 15.8 Å². The maximum absolute atomic E-state index is 9.52. The van der Waals surface area contributed by atoms with E-state index in [0.717, 1.165) is 12.1 Å². The summed E-state index contributed by atoms with van der Waals surface area (Å²) in [5, 5.41) is 12.8. The molecule has 20 heavy (non-hydrogen) atoms. The number of nitrogen functional groups attached to an aromatic ring is 1. The normalized spacial score (nSPS) is 11.9. The molecule has 0 aromatic heterocycles. The van der Waals surface area contributed by atoms with Crippen LogP contribution in [-0.4, -0.2) is 24.9 Å². The maximum atomic E-state index is 9.52. The van der Waals surface area contributed by atoms with Crippen molar-refractivity contribution in [3.8, 4) is 5.75 Å². The third kappa shape index (κ3) is 3.90. The van der Waals surface area contributed by atoms with Crippen LogP contribution in [0.3, 0.4) is 0 Å². The predicted molar refractivity (Wildman–Crippen MR) is 82.0 cm³/mol. The molecule has 0 aliphatic heterocycles. The van der Waals surface area contributed by atoms with Crippen molar-refractivity contribution in [2.24, 2.45) is 0 Å². The Balaban J connectivity index is 2.08. The second-order valence-corrected chi connectivity index (χ2v) is 4.71. The highest BCUT2D eigenvalue weighted by Crippen LogP contribution is 2.23. The number of aliphatic hydroxyl groups is 1. The topological polar surface area (TPSA) is 67.5 Å². The van der Waals surface area contributed by atoms with Crippen molar-refractivity contribution in [1.82, 2.24) is 0 Å². The number of methoxy groups -OCH3 is 1. The molecule has 2 aromatic carbocycles. The van der Waals surface area contributed by atoms with Gasteiger partial charge in [-0.15, -0.1) is 0 Å². The molecular formula is C16H20N2O2. The minimum absolute atomic E-state index is 0.0476. The molecule has 0 amide bonds. The summed E-state index contributed by atoms with van der Waals surface area (Å²) in [5.41, 5.74) is 8.47. The van der Waals surface area contributed by atoms with E-state index >= 15 is 0 Å². The summed E-state index contributed by atoms with van der Waals surface area (Å²) in [6.07, 6.45) is 0.744. The van der Waals surface area contributed by atoms with Crippen molar-refractivity contribution in [2.75, 3.05) is 24.8 Å². The molecule has 0 saturated carbocycles. The smallest absolute Gasteiger partial charge is 0.122 e. The van der Waals surface area contributed by atoms with E-state index < -0.39 is 0 Å². The fraction of sp³-hybridized carbons (Fsp3) is 0.250. The first-order valence-corrected chi connectivity index (χ1v) is 6.57. The largest absolute Gasteiger partial charge is 0.497 e. The van der Waals surface area contributed by atoms with Crippen molar-refractivity contribution >= 4 is 11.4 Å². The molecule has 1 atom stereocenters. The molecule has 2 rings (SSSR count). The molecule has 4 nitrogen and oxygen atoms in total. The first-order valence-electron chi connectivity index (χ1n) is 6.57. The summed E-state index contributed by atoms with van der Waals surface area (Å²) < 4.78 is 5.19. The molecule has 0 saturated heterocycles. The maximum Gasteiger partial charge on any atom is 0.122 e. The zero-order valence-corrected chi connectivity index (χ0v) is 11.5. The first-order chi connectivity index (χ1) is 9.71. The van der Waals surface area contributed by atoms with Gasteiger partial charge >= 0.3 is 0 Å². The molecule has 0 aliphatic rings. The summed E-state index contributed by atoms with van der Waals surface area (Å²) in [7, 11) is 1.60. The second-order valence-electron chi connectivity index (χ2n) is 4.71. The summed E-state index contributed by atoms with van der Waals surface area (Å²) in [6.45, 7) is 0.0476. The molecule has 4 heteroatoms. The number of rotatable bonds is 6. The lowest BCUT2D eigenvalue weighted by molar-refractivity contribution is 0.273. The Hall–Kier alpha value is -2.20. The molecule has 0 fully saturated rings. The summed E-state index contributed by atoms with van der Waals surface area (Å²) in [5.74, 6) is 0.698. The van der Waals surface area contributed by atoms with Crippen molar-refractivity contribution in [2.45, 2.75) is 12.5 Å². The quantitative estimate of drug-likeness (QED) is 0.706. The van der Waals surface area contributed by atoms with Crippen LogP contribution in [0.4, 0.5) is 11.4 Å². The number of aliphatic hydroxyl groups excluding tert-OH is 1. The monoisotopic (exact) mass is 272 g/mol. The zero-order chi connectivity index (χ0) is 14.4. The van der Waals surface area contributed by atoms with Crippen LogP contribution in [-0.2, 0) is 6.42 Å². The molecule has 0 radical (unpaired) electrons. The van der Waals surface area contributed by atoms with Gasteiger partial charge in [-0.2, -0.15) is 0 Å². The zero-order valence-electron chi connectivity index (χ0n) is 11.5. The molecule has 0 heterocycles. The van der Waals surface area contributed by atoms with Crippen LogP contribution in [0.1, 0.15) is 5.56 Å². The van der Waals surface area contributed by atoms with Gasteiger partial charge in [-0.25, -0.2) is 0 Å². The van der Waals surface area contributed by atoms with Gasteiger partial charge in [0.25, 0.3) is 0 Å². The van der Waals surface area contributed by atoms with Crippen molar-refractivity contribution in [1.29, 1.82) is 0 Å². The lowest BCUT2D eigenvalue weighted by Gasteiger charge is -2.18. The van der Waals surface area contributed by atoms with Crippen LogP contribution in [0.5, 0.6) is 5.75 Å². The van der Waals surface area contributed by atoms with Crippen LogP contribution in [0.2, 0.25) is 0 Å². The fourth-order valence-corrected chi connectivity index (χ4v) is 2.12. The molecule has 106 valence electrons. The minimum Gasteiger partial charge on any atom is -0.497 e. The number of nitrogens with two attached hydrogens (primary N) is 1. The third-order valence-electron chi connectivity index (χ3n) is 3.08. The lowest BCUT2D eigenvalue weighted by Crippen LogP contribution is -2.26. The van der Waals surface area contributed by atoms with E-state index in [-0.39, 0.29) is 12.6 Å². The minimum atomic E-state index is -0.0658. The Morgan fingerprint density at radius 3 is 2.60 bits per heavy atom. The van der Waals surface area contributed by atoms with Crippen LogP contribution in [0.15, 0.2) is 48.5 Å². The van der Waals surface area contributed by atoms with E-state index in [9.17, 15) is 5.11 Å². The highest BCUT2D eigenvalue weighted by atomic mass is 16.5. The Kier molecular flexibility index (Phi) is 4.85. The highest BCUT2D eigenvalue weighted by Gasteiger charge is 2.09. The molecule has 2 aromatic rings. The van der Waals surface area contributed by atoms with E-state index in [2.05, 4.69) is 5.32 Å². The number of benzene rings is 2. The van der Waals surface area contributed by atoms with Gasteiger partial charge < -0.3 is 20.9 Å². The SMILES string of the molecule is COc1cc(N)cc(NC(CO)Cc2ccccc2)c1. The van der Waals surface area contributed by atoms with E-state index in [1.165, 1.54) is 5.56 Å². The van der Waals surface area contributed by atoms with Gasteiger partial charge in [0.05, 0.1) is 19.8 Å². The molecule has 4 N–H and O–H groups in total. The summed E-state index contributed by atoms with van der Waals surface area (Å²) in [4.78, 5) is 0. The van der Waals surface area contributed by atoms with Crippen molar-refractivity contribution < 1.29 is 9.84 Å². The third-order valence-corrected chi connectivity index (χ3v) is 3.08. The highest BCUT2D eigenvalue weighted by molar-refractivity contribution is 5.59. The Morgan fingerprint density at radius 1 is 1.20 bits per heavy atom. The van der Waals surface area contributed by atoms with E-state index in [0.29, 0.717) is 11.4 Å². The van der Waals surface area contributed by atoms with Crippen LogP contribution in [0, 0.1) is 0 Å². The Bertz CT molecular complexity index is 543. The number of hydrogen-bond acceptors (Lipinski definition) is 4. The van der Waals surface area contributed by atoms with Gasteiger partial charge in [0.15, 0.2) is 0 Å². The van der Waals surface area contributed by atoms with Crippen LogP contribution in [0.25, 0.3) is 0 Å². The van der Waals surface area contributed by atoms with E-state index in [4.69, 9.17) is 10.5 Å². The van der Waals surface area contributed by atoms with Gasteiger partial charge in [0.2, 0.25) is 0 Å². The van der Waals surface area contributed by atoms with E-state index in [1.807, 2.05) is 42.5 Å². The molecule has 0 bridgehead atoms. The summed E-state index contributed by atoms with van der Waals surface area (Å²) in [6, 6.07) is 15.4. The predicted octanol–water partition coefficient (Wildman–Crippen LogP) is 2.29. The number of nitrogens with one attached hydrogen (secondary N) is 1. The van der Waals surface area contributed by atoms with Gasteiger partial charge in [-0.1, -0.05) is 30.3 Å². The Morgan fingerprint density at radius 2 is 1.95 bits per heavy atom. The first kappa shape index (κ1) is 14.2. The fourth-order valence-electron chi connectivity index (χ4n) is 2.12. The average molecular weight is 272 g/mol. The second kappa shape index (κ2) is 6.82. The van der Waals surface area contributed by atoms with E-state index in [1.54, 1.807) is 13.2 Å². The average Bonchev–Trinajstić information content (AvgIpc) is 2.47. The lowest BCUT2D eigenvalue weighted by atomic mass is 10.1. The Labute approximate surface area is 119 Å². The van der Waals surface area contributed by atoms with Crippen molar-refractivity contribution in [3.05, 3.63) is 54.1 Å².